The van der Waals surface area contributed by atoms with E-state index in [1.54, 1.807) is 0 Å². The van der Waals surface area contributed by atoms with Gasteiger partial charge < -0.3 is 15.9 Å². The lowest BCUT2D eigenvalue weighted by atomic mass is 10.1. The molecule has 15 heavy (non-hydrogen) atoms. The zero-order valence-corrected chi connectivity index (χ0v) is 7.27. The van der Waals surface area contributed by atoms with Crippen LogP contribution in [-0.2, 0) is 0 Å². The average molecular weight is 225 g/mol. The lowest BCUT2D eigenvalue weighted by Crippen LogP contribution is -2.19. The van der Waals surface area contributed by atoms with Crippen molar-refractivity contribution < 1.29 is 27.8 Å². The maximum Gasteiger partial charge on any atom is 0.204 e. The molecule has 0 unspecified atom stereocenters. The van der Waals surface area contributed by atoms with Crippen LogP contribution < -0.4 is 5.73 Å². The third-order valence-corrected chi connectivity index (χ3v) is 1.84. The van der Waals surface area contributed by atoms with Crippen molar-refractivity contribution in [1.82, 2.24) is 0 Å². The Kier molecular flexibility index (Phi) is 3.15. The van der Waals surface area contributed by atoms with Gasteiger partial charge in [-0.05, 0) is 0 Å². The Morgan fingerprint density at radius 1 is 1.00 bits per heavy atom. The van der Waals surface area contributed by atoms with E-state index in [2.05, 4.69) is 0 Å². The zero-order chi connectivity index (χ0) is 11.7. The first-order chi connectivity index (χ1) is 6.91. The summed E-state index contributed by atoms with van der Waals surface area (Å²) in [6, 6.07) is -1.60. The maximum atomic E-state index is 13.0. The van der Waals surface area contributed by atoms with Gasteiger partial charge in [-0.2, -0.15) is 8.78 Å². The van der Waals surface area contributed by atoms with Crippen LogP contribution in [0.25, 0.3) is 0 Å². The molecule has 3 nitrogen and oxygen atoms in total. The van der Waals surface area contributed by atoms with Crippen LogP contribution in [-0.4, -0.2) is 16.8 Å². The molecule has 0 amide bonds. The van der Waals surface area contributed by atoms with E-state index in [9.17, 15) is 17.6 Å². The summed E-state index contributed by atoms with van der Waals surface area (Å²) < 4.78 is 51.5. The third kappa shape index (κ3) is 1.75. The highest BCUT2D eigenvalue weighted by molar-refractivity contribution is 5.34. The fourth-order valence-corrected chi connectivity index (χ4v) is 1.05. The Hall–Kier alpha value is -1.34. The number of aromatic hydroxyl groups is 1. The number of halogens is 4. The van der Waals surface area contributed by atoms with Gasteiger partial charge in [0, 0.05) is 5.56 Å². The minimum Gasteiger partial charge on any atom is -0.503 e. The highest BCUT2D eigenvalue weighted by Gasteiger charge is 2.27. The van der Waals surface area contributed by atoms with Crippen LogP contribution >= 0.6 is 0 Å². The Bertz CT molecular complexity index is 368. The minimum atomic E-state index is -1.94. The molecule has 1 aromatic rings. The predicted octanol–water partition coefficient (Wildman–Crippen LogP) is 0.941. The molecule has 0 spiro atoms. The van der Waals surface area contributed by atoms with Crippen LogP contribution in [0.1, 0.15) is 11.6 Å². The summed E-state index contributed by atoms with van der Waals surface area (Å²) in [5, 5.41) is 17.1. The Labute approximate surface area is 81.8 Å². The Morgan fingerprint density at radius 2 is 1.40 bits per heavy atom. The van der Waals surface area contributed by atoms with Gasteiger partial charge in [0.1, 0.15) is 0 Å². The molecule has 0 aliphatic carbocycles. The summed E-state index contributed by atoms with van der Waals surface area (Å²) in [5.74, 6) is -9.25. The number of aliphatic hydroxyl groups is 1. The molecule has 0 radical (unpaired) electrons. The predicted molar refractivity (Wildman–Crippen MR) is 42.0 cm³/mol. The lowest BCUT2D eigenvalue weighted by molar-refractivity contribution is 0.257. The quantitative estimate of drug-likeness (QED) is 0.518. The Morgan fingerprint density at radius 3 is 1.73 bits per heavy atom. The second-order valence-corrected chi connectivity index (χ2v) is 2.81. The molecular formula is C8H7F4NO2. The van der Waals surface area contributed by atoms with Crippen molar-refractivity contribution in [2.45, 2.75) is 6.04 Å². The van der Waals surface area contributed by atoms with E-state index in [1.165, 1.54) is 0 Å². The number of aliphatic hydroxyl groups excluding tert-OH is 1. The number of benzene rings is 1. The van der Waals surface area contributed by atoms with Crippen LogP contribution in [0.4, 0.5) is 17.6 Å². The van der Waals surface area contributed by atoms with E-state index in [0.29, 0.717) is 0 Å². The first-order valence-electron chi connectivity index (χ1n) is 3.83. The van der Waals surface area contributed by atoms with Crippen molar-refractivity contribution in [3.05, 3.63) is 28.8 Å². The molecule has 4 N–H and O–H groups in total. The van der Waals surface area contributed by atoms with Crippen molar-refractivity contribution in [1.29, 1.82) is 0 Å². The molecule has 1 aromatic carbocycles. The van der Waals surface area contributed by atoms with Crippen molar-refractivity contribution in [3.63, 3.8) is 0 Å². The van der Waals surface area contributed by atoms with E-state index >= 15 is 0 Å². The van der Waals surface area contributed by atoms with E-state index in [0.717, 1.165) is 0 Å². The van der Waals surface area contributed by atoms with Crippen LogP contribution in [0.15, 0.2) is 0 Å². The molecule has 0 aliphatic heterocycles. The smallest absolute Gasteiger partial charge is 0.204 e. The first kappa shape index (κ1) is 11.7. The monoisotopic (exact) mass is 225 g/mol. The molecule has 7 heteroatoms. The van der Waals surface area contributed by atoms with E-state index in [-0.39, 0.29) is 0 Å². The second-order valence-electron chi connectivity index (χ2n) is 2.81. The van der Waals surface area contributed by atoms with Gasteiger partial charge in [-0.25, -0.2) is 8.78 Å². The van der Waals surface area contributed by atoms with Crippen molar-refractivity contribution in [2.24, 2.45) is 5.73 Å². The molecule has 0 aromatic heterocycles. The van der Waals surface area contributed by atoms with Crippen molar-refractivity contribution in [2.75, 3.05) is 6.61 Å². The third-order valence-electron chi connectivity index (χ3n) is 1.84. The van der Waals surface area contributed by atoms with Gasteiger partial charge in [-0.1, -0.05) is 0 Å². The van der Waals surface area contributed by atoms with Gasteiger partial charge in [0.25, 0.3) is 0 Å². The van der Waals surface area contributed by atoms with Gasteiger partial charge in [0.2, 0.25) is 11.6 Å². The molecule has 0 heterocycles. The van der Waals surface area contributed by atoms with Crippen molar-refractivity contribution in [3.8, 4) is 5.75 Å². The van der Waals surface area contributed by atoms with Gasteiger partial charge in [0.15, 0.2) is 17.4 Å². The molecule has 0 bridgehead atoms. The minimum absolute atomic E-state index is 0.891. The van der Waals surface area contributed by atoms with Crippen LogP contribution in [0.2, 0.25) is 0 Å². The second kappa shape index (κ2) is 4.03. The number of hydrogen-bond acceptors (Lipinski definition) is 3. The standard InChI is InChI=1S/C8H7F4NO2/c9-4-3(2(13)1-14)5(10)7(12)8(15)6(4)11/h2,14-15H,1,13H2/t2-/m0/s1. The molecule has 0 fully saturated rings. The number of hydrogen-bond donors (Lipinski definition) is 3. The summed E-state index contributed by atoms with van der Waals surface area (Å²) in [5.41, 5.74) is 3.90. The fourth-order valence-electron chi connectivity index (χ4n) is 1.05. The Balaban J connectivity index is 3.52. The van der Waals surface area contributed by atoms with Gasteiger partial charge >= 0.3 is 0 Å². The van der Waals surface area contributed by atoms with Crippen LogP contribution in [0.3, 0.4) is 0 Å². The highest BCUT2D eigenvalue weighted by Crippen LogP contribution is 2.31. The summed E-state index contributed by atoms with van der Waals surface area (Å²) in [7, 11) is 0. The normalized spacial score (nSPS) is 12.9. The number of nitrogens with two attached hydrogens (primary N) is 1. The molecule has 0 saturated heterocycles. The number of phenols is 1. The van der Waals surface area contributed by atoms with Gasteiger partial charge in [-0.3, -0.25) is 0 Å². The number of phenolic OH excluding ortho intramolecular Hbond substituents is 1. The molecule has 1 atom stereocenters. The van der Waals surface area contributed by atoms with E-state index < -0.39 is 47.2 Å². The van der Waals surface area contributed by atoms with Gasteiger partial charge in [-0.15, -0.1) is 0 Å². The van der Waals surface area contributed by atoms with Crippen LogP contribution in [0.5, 0.6) is 5.75 Å². The summed E-state index contributed by atoms with van der Waals surface area (Å²) in [6.07, 6.45) is 0. The highest BCUT2D eigenvalue weighted by atomic mass is 19.2. The largest absolute Gasteiger partial charge is 0.503 e. The summed E-state index contributed by atoms with van der Waals surface area (Å²) in [4.78, 5) is 0. The molecule has 1 rings (SSSR count). The van der Waals surface area contributed by atoms with Crippen molar-refractivity contribution >= 4 is 0 Å². The topological polar surface area (TPSA) is 66.5 Å². The molecule has 84 valence electrons. The van der Waals surface area contributed by atoms with Gasteiger partial charge in [0.05, 0.1) is 12.6 Å². The lowest BCUT2D eigenvalue weighted by Gasteiger charge is -2.12. The van der Waals surface area contributed by atoms with Crippen LogP contribution in [0, 0.1) is 23.3 Å². The summed E-state index contributed by atoms with van der Waals surface area (Å²) >= 11 is 0. The SMILES string of the molecule is N[C@@H](CO)c1c(F)c(F)c(O)c(F)c1F. The number of rotatable bonds is 2. The molecule has 0 saturated carbocycles. The molecular weight excluding hydrogens is 218 g/mol. The molecule has 0 aliphatic rings. The summed E-state index contributed by atoms with van der Waals surface area (Å²) in [6.45, 7) is -0.891. The zero-order valence-electron chi connectivity index (χ0n) is 7.27. The van der Waals surface area contributed by atoms with E-state index in [4.69, 9.17) is 15.9 Å². The maximum absolute atomic E-state index is 13.0. The first-order valence-corrected chi connectivity index (χ1v) is 3.83. The van der Waals surface area contributed by atoms with E-state index in [1.807, 2.05) is 0 Å². The average Bonchev–Trinajstić information content (AvgIpc) is 2.23. The fraction of sp³-hybridized carbons (Fsp3) is 0.250.